The minimum Gasteiger partial charge on any atom is -0.481 e. The molecule has 92 valence electrons. The van der Waals surface area contributed by atoms with Gasteiger partial charge in [-0.05, 0) is 25.1 Å². The number of hydrogen-bond acceptors (Lipinski definition) is 5. The Bertz CT molecular complexity index is 401. The molecule has 0 saturated heterocycles. The molecule has 0 aliphatic heterocycles. The molecule has 2 rings (SSSR count). The Balaban J connectivity index is 2.04. The van der Waals surface area contributed by atoms with Crippen LogP contribution in [0.3, 0.4) is 0 Å². The Kier molecular flexibility index (Phi) is 3.58. The Morgan fingerprint density at radius 2 is 1.88 bits per heavy atom. The second-order valence-corrected chi connectivity index (χ2v) is 4.06. The summed E-state index contributed by atoms with van der Waals surface area (Å²) in [5, 5.41) is 6.55. The topological polar surface area (TPSA) is 68.3 Å². The molecule has 0 spiro atoms. The minimum atomic E-state index is 0.361. The van der Waals surface area contributed by atoms with Gasteiger partial charge in [-0.15, -0.1) is 0 Å². The van der Waals surface area contributed by atoms with Gasteiger partial charge < -0.3 is 20.1 Å². The van der Waals surface area contributed by atoms with E-state index in [1.54, 1.807) is 6.07 Å². The molecule has 1 aliphatic carbocycles. The van der Waals surface area contributed by atoms with Gasteiger partial charge in [-0.25, -0.2) is 0 Å². The number of thiocarbonyl (C=S) groups is 1. The summed E-state index contributed by atoms with van der Waals surface area (Å²) in [6.07, 6.45) is 2.31. The highest BCUT2D eigenvalue weighted by Gasteiger charge is 2.22. The van der Waals surface area contributed by atoms with Gasteiger partial charge in [-0.3, -0.25) is 0 Å². The third-order valence-electron chi connectivity index (χ3n) is 2.24. The monoisotopic (exact) mass is 254 g/mol. The quantitative estimate of drug-likeness (QED) is 0.775. The van der Waals surface area contributed by atoms with E-state index >= 15 is 0 Å². The van der Waals surface area contributed by atoms with Gasteiger partial charge in [0.1, 0.15) is 0 Å². The van der Waals surface area contributed by atoms with Gasteiger partial charge in [0.2, 0.25) is 17.7 Å². The van der Waals surface area contributed by atoms with Crippen molar-refractivity contribution in [2.45, 2.75) is 18.9 Å². The fourth-order valence-corrected chi connectivity index (χ4v) is 1.48. The lowest BCUT2D eigenvalue weighted by atomic mass is 10.6. The van der Waals surface area contributed by atoms with Crippen molar-refractivity contribution in [2.75, 3.05) is 19.5 Å². The molecule has 2 N–H and O–H groups in total. The van der Waals surface area contributed by atoms with E-state index in [1.165, 1.54) is 14.2 Å². The molecule has 1 saturated carbocycles. The fourth-order valence-electron chi connectivity index (χ4n) is 1.22. The van der Waals surface area contributed by atoms with Crippen LogP contribution in [-0.2, 0) is 0 Å². The van der Waals surface area contributed by atoms with Gasteiger partial charge in [0.05, 0.1) is 20.3 Å². The molecule has 1 aromatic heterocycles. The number of rotatable bonds is 4. The van der Waals surface area contributed by atoms with E-state index in [0.29, 0.717) is 28.9 Å². The number of methoxy groups -OCH3 is 2. The van der Waals surface area contributed by atoms with Crippen molar-refractivity contribution >= 4 is 23.3 Å². The highest BCUT2D eigenvalue weighted by Crippen LogP contribution is 2.20. The lowest BCUT2D eigenvalue weighted by Crippen LogP contribution is -2.30. The van der Waals surface area contributed by atoms with E-state index in [0.717, 1.165) is 12.8 Å². The fraction of sp³-hybridized carbons (Fsp3) is 0.500. The van der Waals surface area contributed by atoms with Crippen molar-refractivity contribution < 1.29 is 9.47 Å². The van der Waals surface area contributed by atoms with Crippen molar-refractivity contribution in [3.05, 3.63) is 6.07 Å². The highest BCUT2D eigenvalue weighted by atomic mass is 32.1. The number of aromatic nitrogens is 2. The maximum atomic E-state index is 5.13. The molecule has 0 unspecified atom stereocenters. The molecule has 0 amide bonds. The van der Waals surface area contributed by atoms with Crippen LogP contribution in [0.4, 0.5) is 5.95 Å². The highest BCUT2D eigenvalue weighted by molar-refractivity contribution is 7.80. The van der Waals surface area contributed by atoms with E-state index in [1.807, 2.05) is 0 Å². The van der Waals surface area contributed by atoms with E-state index in [9.17, 15) is 0 Å². The largest absolute Gasteiger partial charge is 0.481 e. The molecule has 6 nitrogen and oxygen atoms in total. The van der Waals surface area contributed by atoms with Crippen LogP contribution < -0.4 is 20.1 Å². The summed E-state index contributed by atoms with van der Waals surface area (Å²) in [5.74, 6) is 1.21. The standard InChI is InChI=1S/C10H14N4O2S/c1-15-7-5-8(16-2)13-9(12-7)14-10(17)11-6-3-4-6/h5-6H,3-4H2,1-2H3,(H2,11,12,13,14,17). The summed E-state index contributed by atoms with van der Waals surface area (Å²) in [4.78, 5) is 8.23. The summed E-state index contributed by atoms with van der Waals surface area (Å²) < 4.78 is 10.1. The first-order valence-electron chi connectivity index (χ1n) is 5.26. The first kappa shape index (κ1) is 11.8. The van der Waals surface area contributed by atoms with Crippen molar-refractivity contribution in [1.82, 2.24) is 15.3 Å². The molecule has 1 heterocycles. The lowest BCUT2D eigenvalue weighted by Gasteiger charge is -2.10. The summed E-state index contributed by atoms with van der Waals surface area (Å²) in [7, 11) is 3.07. The summed E-state index contributed by atoms with van der Waals surface area (Å²) in [6.45, 7) is 0. The minimum absolute atomic E-state index is 0.361. The maximum Gasteiger partial charge on any atom is 0.235 e. The van der Waals surface area contributed by atoms with Crippen LogP contribution in [0, 0.1) is 0 Å². The van der Waals surface area contributed by atoms with Gasteiger partial charge in [-0.2, -0.15) is 9.97 Å². The van der Waals surface area contributed by atoms with Gasteiger partial charge in [0.15, 0.2) is 5.11 Å². The van der Waals surface area contributed by atoms with Crippen LogP contribution in [0.15, 0.2) is 6.07 Å². The molecular formula is C10H14N4O2S. The Labute approximate surface area is 105 Å². The van der Waals surface area contributed by atoms with Gasteiger partial charge >= 0.3 is 0 Å². The average Bonchev–Trinajstić information content (AvgIpc) is 3.12. The van der Waals surface area contributed by atoms with Crippen LogP contribution in [0.1, 0.15) is 12.8 Å². The van der Waals surface area contributed by atoms with Crippen LogP contribution >= 0.6 is 12.2 Å². The zero-order chi connectivity index (χ0) is 12.3. The van der Waals surface area contributed by atoms with Crippen molar-refractivity contribution in [2.24, 2.45) is 0 Å². The lowest BCUT2D eigenvalue weighted by molar-refractivity contribution is 0.373. The normalized spacial score (nSPS) is 14.0. The molecule has 7 heteroatoms. The van der Waals surface area contributed by atoms with E-state index in [4.69, 9.17) is 21.7 Å². The van der Waals surface area contributed by atoms with Crippen molar-refractivity contribution in [1.29, 1.82) is 0 Å². The second-order valence-electron chi connectivity index (χ2n) is 3.65. The summed E-state index contributed by atoms with van der Waals surface area (Å²) in [6, 6.07) is 2.09. The van der Waals surface area contributed by atoms with E-state index in [2.05, 4.69) is 20.6 Å². The first-order chi connectivity index (χ1) is 8.21. The molecular weight excluding hydrogens is 240 g/mol. The first-order valence-corrected chi connectivity index (χ1v) is 5.66. The molecule has 0 bridgehead atoms. The van der Waals surface area contributed by atoms with Crippen molar-refractivity contribution in [3.8, 4) is 11.8 Å². The molecule has 1 aliphatic rings. The van der Waals surface area contributed by atoms with Crippen LogP contribution in [0.5, 0.6) is 11.8 Å². The molecule has 0 aromatic carbocycles. The molecule has 1 fully saturated rings. The van der Waals surface area contributed by atoms with Gasteiger partial charge in [0.25, 0.3) is 0 Å². The third kappa shape index (κ3) is 3.42. The summed E-state index contributed by atoms with van der Waals surface area (Å²) >= 11 is 5.13. The number of nitrogens with one attached hydrogen (secondary N) is 2. The van der Waals surface area contributed by atoms with E-state index in [-0.39, 0.29) is 0 Å². The zero-order valence-corrected chi connectivity index (χ0v) is 10.5. The van der Waals surface area contributed by atoms with E-state index < -0.39 is 0 Å². The smallest absolute Gasteiger partial charge is 0.235 e. The predicted octanol–water partition coefficient (Wildman–Crippen LogP) is 0.943. The summed E-state index contributed by atoms with van der Waals surface area (Å²) in [5.41, 5.74) is 0. The molecule has 17 heavy (non-hydrogen) atoms. The van der Waals surface area contributed by atoms with Crippen LogP contribution in [0.2, 0.25) is 0 Å². The maximum absolute atomic E-state index is 5.13. The Morgan fingerprint density at radius 3 is 2.35 bits per heavy atom. The Morgan fingerprint density at radius 1 is 1.29 bits per heavy atom. The van der Waals surface area contributed by atoms with Crippen molar-refractivity contribution in [3.63, 3.8) is 0 Å². The molecule has 0 atom stereocenters. The Hall–Kier alpha value is -1.63. The molecule has 0 radical (unpaired) electrons. The zero-order valence-electron chi connectivity index (χ0n) is 9.69. The number of anilines is 1. The third-order valence-corrected chi connectivity index (χ3v) is 2.46. The molecule has 1 aromatic rings. The SMILES string of the molecule is COc1cc(OC)nc(NC(=S)NC2CC2)n1. The van der Waals surface area contributed by atoms with Gasteiger partial charge in [-0.1, -0.05) is 0 Å². The number of ether oxygens (including phenoxy) is 2. The van der Waals surface area contributed by atoms with Crippen LogP contribution in [0.25, 0.3) is 0 Å². The van der Waals surface area contributed by atoms with Gasteiger partial charge in [0, 0.05) is 6.04 Å². The predicted molar refractivity (Wildman–Crippen MR) is 67.5 cm³/mol. The number of hydrogen-bond donors (Lipinski definition) is 2. The van der Waals surface area contributed by atoms with Crippen LogP contribution in [-0.4, -0.2) is 35.3 Å². The number of nitrogens with zero attached hydrogens (tertiary/aromatic N) is 2. The second kappa shape index (κ2) is 5.13. The average molecular weight is 254 g/mol.